The van der Waals surface area contributed by atoms with E-state index >= 15 is 0 Å². The van der Waals surface area contributed by atoms with E-state index in [1.54, 1.807) is 12.1 Å². The summed E-state index contributed by atoms with van der Waals surface area (Å²) in [6, 6.07) is 7.12. The van der Waals surface area contributed by atoms with Crippen LogP contribution in [0.4, 0.5) is 4.39 Å². The summed E-state index contributed by atoms with van der Waals surface area (Å²) in [6.07, 6.45) is 3.66. The number of likely N-dealkylation sites (tertiary alicyclic amines) is 1. The minimum atomic E-state index is -0.0748. The van der Waals surface area contributed by atoms with E-state index in [0.29, 0.717) is 0 Å². The molecule has 1 aliphatic rings. The van der Waals surface area contributed by atoms with Crippen LogP contribution < -0.4 is 5.32 Å². The van der Waals surface area contributed by atoms with E-state index in [0.717, 1.165) is 44.2 Å². The molecule has 106 valence electrons. The molecular weight excluding hydrogens is 239 g/mol. The SMILES string of the molecule is CCCNCC1CCN(Cc2ccccc2F)CC1. The van der Waals surface area contributed by atoms with Crippen LogP contribution in [0.25, 0.3) is 0 Å². The van der Waals surface area contributed by atoms with E-state index in [1.807, 2.05) is 12.1 Å². The van der Waals surface area contributed by atoms with Crippen LogP contribution in [-0.4, -0.2) is 31.1 Å². The average molecular weight is 264 g/mol. The fourth-order valence-electron chi connectivity index (χ4n) is 2.70. The highest BCUT2D eigenvalue weighted by Crippen LogP contribution is 2.19. The fraction of sp³-hybridized carbons (Fsp3) is 0.625. The van der Waals surface area contributed by atoms with Crippen molar-refractivity contribution in [3.05, 3.63) is 35.6 Å². The highest BCUT2D eigenvalue weighted by Gasteiger charge is 2.19. The van der Waals surface area contributed by atoms with Gasteiger partial charge < -0.3 is 5.32 Å². The van der Waals surface area contributed by atoms with E-state index in [2.05, 4.69) is 17.1 Å². The van der Waals surface area contributed by atoms with E-state index in [-0.39, 0.29) is 5.82 Å². The Labute approximate surface area is 116 Å². The van der Waals surface area contributed by atoms with Crippen LogP contribution >= 0.6 is 0 Å². The quantitative estimate of drug-likeness (QED) is 0.795. The summed E-state index contributed by atoms with van der Waals surface area (Å²) in [5, 5.41) is 3.50. The van der Waals surface area contributed by atoms with Gasteiger partial charge >= 0.3 is 0 Å². The number of hydrogen-bond donors (Lipinski definition) is 1. The van der Waals surface area contributed by atoms with Gasteiger partial charge in [-0.15, -0.1) is 0 Å². The number of nitrogens with zero attached hydrogens (tertiary/aromatic N) is 1. The normalized spacial score (nSPS) is 17.8. The molecule has 2 rings (SSSR count). The zero-order chi connectivity index (χ0) is 13.5. The van der Waals surface area contributed by atoms with Gasteiger partial charge in [-0.25, -0.2) is 4.39 Å². The van der Waals surface area contributed by atoms with Gasteiger partial charge in [0.25, 0.3) is 0 Å². The second-order valence-electron chi connectivity index (χ2n) is 5.52. The maximum Gasteiger partial charge on any atom is 0.127 e. The van der Waals surface area contributed by atoms with Crippen molar-refractivity contribution in [3.8, 4) is 0 Å². The van der Waals surface area contributed by atoms with Crippen molar-refractivity contribution in [2.75, 3.05) is 26.2 Å². The lowest BCUT2D eigenvalue weighted by atomic mass is 9.96. The van der Waals surface area contributed by atoms with Crippen LogP contribution in [0.2, 0.25) is 0 Å². The Hall–Kier alpha value is -0.930. The zero-order valence-corrected chi connectivity index (χ0v) is 11.9. The molecule has 0 aromatic heterocycles. The van der Waals surface area contributed by atoms with Crippen molar-refractivity contribution < 1.29 is 4.39 Å². The van der Waals surface area contributed by atoms with Crippen LogP contribution in [0.5, 0.6) is 0 Å². The summed E-state index contributed by atoms with van der Waals surface area (Å²) in [4.78, 5) is 2.37. The monoisotopic (exact) mass is 264 g/mol. The Bertz CT molecular complexity index is 373. The number of nitrogens with one attached hydrogen (secondary N) is 1. The molecule has 0 atom stereocenters. The first-order valence-corrected chi connectivity index (χ1v) is 7.46. The predicted octanol–water partition coefficient (Wildman–Crippen LogP) is 3.04. The maximum atomic E-state index is 13.6. The second-order valence-corrected chi connectivity index (χ2v) is 5.52. The summed E-state index contributed by atoms with van der Waals surface area (Å²) < 4.78 is 13.6. The Morgan fingerprint density at radius 1 is 1.26 bits per heavy atom. The molecule has 1 aromatic rings. The molecule has 3 heteroatoms. The first kappa shape index (κ1) is 14.5. The summed E-state index contributed by atoms with van der Waals surface area (Å²) in [7, 11) is 0. The topological polar surface area (TPSA) is 15.3 Å². The van der Waals surface area contributed by atoms with Crippen molar-refractivity contribution in [1.29, 1.82) is 0 Å². The third kappa shape index (κ3) is 4.59. The molecule has 0 bridgehead atoms. The molecule has 1 aliphatic heterocycles. The van der Waals surface area contributed by atoms with Gasteiger partial charge in [0, 0.05) is 12.1 Å². The molecule has 0 saturated carbocycles. The van der Waals surface area contributed by atoms with Crippen LogP contribution in [0, 0.1) is 11.7 Å². The van der Waals surface area contributed by atoms with Gasteiger partial charge in [-0.1, -0.05) is 25.1 Å². The third-order valence-electron chi connectivity index (χ3n) is 3.92. The molecule has 1 heterocycles. The Balaban J connectivity index is 1.73. The molecular formula is C16H25FN2. The third-order valence-corrected chi connectivity index (χ3v) is 3.92. The van der Waals surface area contributed by atoms with Crippen molar-refractivity contribution >= 4 is 0 Å². The lowest BCUT2D eigenvalue weighted by Gasteiger charge is -2.32. The first-order chi connectivity index (χ1) is 9.29. The smallest absolute Gasteiger partial charge is 0.127 e. The minimum Gasteiger partial charge on any atom is -0.316 e. The number of benzene rings is 1. The minimum absolute atomic E-state index is 0.0748. The molecule has 1 fully saturated rings. The van der Waals surface area contributed by atoms with Gasteiger partial charge in [0.1, 0.15) is 5.82 Å². The number of halogens is 1. The summed E-state index contributed by atoms with van der Waals surface area (Å²) in [5.41, 5.74) is 0.824. The van der Waals surface area contributed by atoms with Gasteiger partial charge in [-0.3, -0.25) is 4.90 Å². The van der Waals surface area contributed by atoms with E-state index in [4.69, 9.17) is 0 Å². The Morgan fingerprint density at radius 3 is 2.68 bits per heavy atom. The van der Waals surface area contributed by atoms with E-state index in [1.165, 1.54) is 19.3 Å². The average Bonchev–Trinajstić information content (AvgIpc) is 2.44. The summed E-state index contributed by atoms with van der Waals surface area (Å²) in [5.74, 6) is 0.720. The molecule has 0 spiro atoms. The van der Waals surface area contributed by atoms with Gasteiger partial charge in [0.2, 0.25) is 0 Å². The zero-order valence-electron chi connectivity index (χ0n) is 11.9. The largest absolute Gasteiger partial charge is 0.316 e. The molecule has 0 amide bonds. The van der Waals surface area contributed by atoms with Gasteiger partial charge in [-0.05, 0) is 57.4 Å². The Morgan fingerprint density at radius 2 is 2.00 bits per heavy atom. The molecule has 1 N–H and O–H groups in total. The van der Waals surface area contributed by atoms with Crippen LogP contribution in [0.1, 0.15) is 31.7 Å². The lowest BCUT2D eigenvalue weighted by molar-refractivity contribution is 0.174. The van der Waals surface area contributed by atoms with Gasteiger partial charge in [0.05, 0.1) is 0 Å². The maximum absolute atomic E-state index is 13.6. The summed E-state index contributed by atoms with van der Waals surface area (Å²) in [6.45, 7) is 7.39. The molecule has 1 aromatic carbocycles. The first-order valence-electron chi connectivity index (χ1n) is 7.46. The van der Waals surface area contributed by atoms with Gasteiger partial charge in [-0.2, -0.15) is 0 Å². The van der Waals surface area contributed by atoms with Crippen LogP contribution in [0.15, 0.2) is 24.3 Å². The second kappa shape index (κ2) is 7.61. The van der Waals surface area contributed by atoms with Crippen molar-refractivity contribution in [2.24, 2.45) is 5.92 Å². The van der Waals surface area contributed by atoms with Crippen molar-refractivity contribution in [3.63, 3.8) is 0 Å². The predicted molar refractivity (Wildman–Crippen MR) is 77.6 cm³/mol. The standard InChI is InChI=1S/C16H25FN2/c1-2-9-18-12-14-7-10-19(11-8-14)13-15-5-3-4-6-16(15)17/h3-6,14,18H,2,7-13H2,1H3. The molecule has 0 aliphatic carbocycles. The molecule has 0 unspecified atom stereocenters. The highest BCUT2D eigenvalue weighted by atomic mass is 19.1. The summed E-state index contributed by atoms with van der Waals surface area (Å²) >= 11 is 0. The van der Waals surface area contributed by atoms with Crippen LogP contribution in [-0.2, 0) is 6.54 Å². The van der Waals surface area contributed by atoms with Gasteiger partial charge in [0.15, 0.2) is 0 Å². The lowest BCUT2D eigenvalue weighted by Crippen LogP contribution is -2.37. The highest BCUT2D eigenvalue weighted by molar-refractivity contribution is 5.17. The van der Waals surface area contributed by atoms with Crippen molar-refractivity contribution in [1.82, 2.24) is 10.2 Å². The Kier molecular flexibility index (Phi) is 5.80. The number of rotatable bonds is 6. The van der Waals surface area contributed by atoms with E-state index < -0.39 is 0 Å². The van der Waals surface area contributed by atoms with E-state index in [9.17, 15) is 4.39 Å². The molecule has 2 nitrogen and oxygen atoms in total. The molecule has 1 saturated heterocycles. The van der Waals surface area contributed by atoms with Crippen LogP contribution in [0.3, 0.4) is 0 Å². The molecule has 19 heavy (non-hydrogen) atoms. The molecule has 0 radical (unpaired) electrons. The fourth-order valence-corrected chi connectivity index (χ4v) is 2.70. The number of piperidine rings is 1. The number of hydrogen-bond acceptors (Lipinski definition) is 2. The van der Waals surface area contributed by atoms with Crippen molar-refractivity contribution in [2.45, 2.75) is 32.7 Å².